The molecule has 0 saturated carbocycles. The van der Waals surface area contributed by atoms with E-state index in [1.807, 2.05) is 0 Å². The molecule has 0 fully saturated rings. The van der Waals surface area contributed by atoms with Crippen LogP contribution in [0.15, 0.2) is 103 Å². The molecular weight excluding hydrogens is 460 g/mol. The summed E-state index contributed by atoms with van der Waals surface area (Å²) in [5, 5.41) is 2.61. The molecule has 2 nitrogen and oxygen atoms in total. The first kappa shape index (κ1) is 22.9. The van der Waals surface area contributed by atoms with Gasteiger partial charge in [-0.25, -0.2) is 0 Å². The molecule has 2 heterocycles. The molecule has 38 heavy (non-hydrogen) atoms. The van der Waals surface area contributed by atoms with Crippen molar-refractivity contribution >= 4 is 38.9 Å². The molecule has 0 radical (unpaired) electrons. The van der Waals surface area contributed by atoms with Crippen molar-refractivity contribution in [2.24, 2.45) is 7.05 Å². The Kier molecular flexibility index (Phi) is 4.87. The first-order chi connectivity index (χ1) is 18.3. The number of benzene rings is 5. The van der Waals surface area contributed by atoms with E-state index < -0.39 is 0 Å². The molecule has 1 aromatic heterocycles. The summed E-state index contributed by atoms with van der Waals surface area (Å²) < 4.78 is 2.29. The third-order valence-corrected chi connectivity index (χ3v) is 8.50. The third-order valence-electron chi connectivity index (χ3n) is 8.50. The number of nitrogens with zero attached hydrogens (tertiary/aromatic N) is 2. The minimum Gasteiger partial charge on any atom is -0.344 e. The minimum atomic E-state index is -0.0625. The number of rotatable bonds is 2. The average Bonchev–Trinajstić information content (AvgIpc) is 3.21. The molecule has 1 aliphatic rings. The van der Waals surface area contributed by atoms with Crippen molar-refractivity contribution in [1.29, 1.82) is 0 Å². The topological polar surface area (TPSA) is 8.17 Å². The highest BCUT2D eigenvalue weighted by Gasteiger charge is 2.37. The molecule has 0 aliphatic carbocycles. The molecule has 0 N–H and O–H groups in total. The van der Waals surface area contributed by atoms with Gasteiger partial charge in [0.15, 0.2) is 0 Å². The maximum atomic E-state index is 2.44. The van der Waals surface area contributed by atoms with Gasteiger partial charge < -0.3 is 9.47 Å². The fraction of sp³-hybridized carbons (Fsp3) is 0.167. The first-order valence-electron chi connectivity index (χ1n) is 13.4. The molecule has 1 aliphatic heterocycles. The van der Waals surface area contributed by atoms with Crippen LogP contribution in [0.3, 0.4) is 0 Å². The lowest BCUT2D eigenvalue weighted by molar-refractivity contribution is 0.630. The molecular formula is C36H32N2. The van der Waals surface area contributed by atoms with Gasteiger partial charge >= 0.3 is 0 Å². The normalized spacial score (nSPS) is 14.1. The fourth-order valence-electron chi connectivity index (χ4n) is 6.39. The highest BCUT2D eigenvalue weighted by atomic mass is 15.2. The zero-order valence-corrected chi connectivity index (χ0v) is 22.7. The van der Waals surface area contributed by atoms with Gasteiger partial charge in [0.2, 0.25) is 0 Å². The SMILES string of the molecule is Cc1ccc2c(c1)C(C)(C)c1cc(C)ccc1N2c1ccc(-c2ccc3c(c2)c2ccccc2n3C)cc1. The Morgan fingerprint density at radius 3 is 1.79 bits per heavy atom. The van der Waals surface area contributed by atoms with Gasteiger partial charge in [0.1, 0.15) is 0 Å². The number of hydrogen-bond acceptors (Lipinski definition) is 1. The Morgan fingerprint density at radius 2 is 1.13 bits per heavy atom. The predicted molar refractivity (Wildman–Crippen MR) is 162 cm³/mol. The van der Waals surface area contributed by atoms with Gasteiger partial charge in [0.05, 0.1) is 11.4 Å². The van der Waals surface area contributed by atoms with Crippen molar-refractivity contribution in [1.82, 2.24) is 4.57 Å². The van der Waals surface area contributed by atoms with Gasteiger partial charge in [0.25, 0.3) is 0 Å². The summed E-state index contributed by atoms with van der Waals surface area (Å²) in [7, 11) is 2.15. The second-order valence-corrected chi connectivity index (χ2v) is 11.4. The highest BCUT2D eigenvalue weighted by molar-refractivity contribution is 6.09. The zero-order chi connectivity index (χ0) is 26.2. The van der Waals surface area contributed by atoms with E-state index in [2.05, 4.69) is 147 Å². The van der Waals surface area contributed by atoms with Crippen LogP contribution in [0.4, 0.5) is 17.1 Å². The van der Waals surface area contributed by atoms with E-state index >= 15 is 0 Å². The Bertz CT molecular complexity index is 1810. The van der Waals surface area contributed by atoms with Crippen LogP contribution in [0.1, 0.15) is 36.1 Å². The summed E-state index contributed by atoms with van der Waals surface area (Å²) >= 11 is 0. The molecule has 7 rings (SSSR count). The van der Waals surface area contributed by atoms with E-state index in [0.717, 1.165) is 0 Å². The van der Waals surface area contributed by atoms with Crippen LogP contribution < -0.4 is 4.90 Å². The molecule has 2 heteroatoms. The summed E-state index contributed by atoms with van der Waals surface area (Å²) in [6, 6.07) is 38.3. The quantitative estimate of drug-likeness (QED) is 0.233. The highest BCUT2D eigenvalue weighted by Crippen LogP contribution is 2.52. The van der Waals surface area contributed by atoms with Crippen molar-refractivity contribution < 1.29 is 0 Å². The van der Waals surface area contributed by atoms with E-state index in [1.165, 1.54) is 72.2 Å². The van der Waals surface area contributed by atoms with Crippen LogP contribution in [0.2, 0.25) is 0 Å². The largest absolute Gasteiger partial charge is 0.344 e. The van der Waals surface area contributed by atoms with E-state index in [4.69, 9.17) is 0 Å². The Hall–Kier alpha value is -4.30. The molecule has 0 bridgehead atoms. The van der Waals surface area contributed by atoms with Crippen molar-refractivity contribution in [3.63, 3.8) is 0 Å². The van der Waals surface area contributed by atoms with Crippen LogP contribution in [0.5, 0.6) is 0 Å². The first-order valence-corrected chi connectivity index (χ1v) is 13.4. The van der Waals surface area contributed by atoms with E-state index in [0.29, 0.717) is 0 Å². The van der Waals surface area contributed by atoms with Crippen LogP contribution in [0, 0.1) is 13.8 Å². The summed E-state index contributed by atoms with van der Waals surface area (Å²) in [6.07, 6.45) is 0. The van der Waals surface area contributed by atoms with E-state index in [-0.39, 0.29) is 5.41 Å². The van der Waals surface area contributed by atoms with Crippen molar-refractivity contribution in [2.45, 2.75) is 33.1 Å². The lowest BCUT2D eigenvalue weighted by atomic mass is 9.72. The van der Waals surface area contributed by atoms with Gasteiger partial charge in [-0.15, -0.1) is 0 Å². The van der Waals surface area contributed by atoms with E-state index in [1.54, 1.807) is 0 Å². The molecule has 6 aromatic rings. The monoisotopic (exact) mass is 492 g/mol. The molecule has 5 aromatic carbocycles. The van der Waals surface area contributed by atoms with Crippen molar-refractivity contribution in [2.75, 3.05) is 4.90 Å². The Balaban J connectivity index is 1.35. The number of aromatic nitrogens is 1. The Morgan fingerprint density at radius 1 is 0.553 bits per heavy atom. The third kappa shape index (κ3) is 3.26. The summed E-state index contributed by atoms with van der Waals surface area (Å²) in [6.45, 7) is 9.09. The maximum absolute atomic E-state index is 2.44. The second-order valence-electron chi connectivity index (χ2n) is 11.4. The van der Waals surface area contributed by atoms with Crippen LogP contribution >= 0.6 is 0 Å². The summed E-state index contributed by atoms with van der Waals surface area (Å²) in [5.74, 6) is 0. The fourth-order valence-corrected chi connectivity index (χ4v) is 6.39. The molecule has 0 atom stereocenters. The molecule has 0 amide bonds. The predicted octanol–water partition coefficient (Wildman–Crippen LogP) is 9.72. The molecule has 0 saturated heterocycles. The molecule has 0 spiro atoms. The Labute approximate surface area is 224 Å². The van der Waals surface area contributed by atoms with Gasteiger partial charge in [0, 0.05) is 40.0 Å². The van der Waals surface area contributed by atoms with Crippen LogP contribution in [0.25, 0.3) is 32.9 Å². The van der Waals surface area contributed by atoms with Gasteiger partial charge in [-0.2, -0.15) is 0 Å². The molecule has 0 unspecified atom stereocenters. The summed E-state index contributed by atoms with van der Waals surface area (Å²) in [5.41, 5.74) is 14.0. The number of aryl methyl sites for hydroxylation is 3. The standard InChI is InChI=1S/C36H32N2/c1-23-10-17-34-30(20-23)36(3,4)31-21-24(2)11-18-35(31)38(34)27-15-12-25(13-16-27)26-14-19-33-29(22-26)28-8-6-7-9-32(28)37(33)5/h6-22H,1-5H3. The number of hydrogen-bond donors (Lipinski definition) is 0. The van der Waals surface area contributed by atoms with Crippen molar-refractivity contribution in [3.8, 4) is 11.1 Å². The van der Waals surface area contributed by atoms with Gasteiger partial charge in [-0.1, -0.05) is 85.6 Å². The lowest BCUT2D eigenvalue weighted by Crippen LogP contribution is -2.30. The minimum absolute atomic E-state index is 0.0625. The van der Waals surface area contributed by atoms with Gasteiger partial charge in [-0.05, 0) is 78.6 Å². The van der Waals surface area contributed by atoms with E-state index in [9.17, 15) is 0 Å². The lowest BCUT2D eigenvalue weighted by Gasteiger charge is -2.42. The average molecular weight is 493 g/mol. The number of fused-ring (bicyclic) bond motifs is 5. The number of para-hydroxylation sites is 1. The maximum Gasteiger partial charge on any atom is 0.0502 e. The summed E-state index contributed by atoms with van der Waals surface area (Å²) in [4.78, 5) is 2.44. The molecule has 186 valence electrons. The van der Waals surface area contributed by atoms with Crippen LogP contribution in [-0.4, -0.2) is 4.57 Å². The number of anilines is 3. The second kappa shape index (κ2) is 8.10. The smallest absolute Gasteiger partial charge is 0.0502 e. The zero-order valence-electron chi connectivity index (χ0n) is 22.7. The van der Waals surface area contributed by atoms with Crippen LogP contribution in [-0.2, 0) is 12.5 Å². The van der Waals surface area contributed by atoms with Crippen molar-refractivity contribution in [3.05, 3.63) is 125 Å². The van der Waals surface area contributed by atoms with Gasteiger partial charge in [-0.3, -0.25) is 0 Å².